The average molecular weight is 813 g/mol. The lowest BCUT2D eigenvalue weighted by Gasteiger charge is -2.09. The number of nitrogens with zero attached hydrogens (tertiary/aromatic N) is 4. The van der Waals surface area contributed by atoms with E-state index >= 15 is 0 Å². The van der Waals surface area contributed by atoms with Gasteiger partial charge in [0.15, 0.2) is 0 Å². The third-order valence-corrected chi connectivity index (χ3v) is 13.1. The van der Waals surface area contributed by atoms with Gasteiger partial charge < -0.3 is 15.5 Å². The molecule has 62 heavy (non-hydrogen) atoms. The van der Waals surface area contributed by atoms with Gasteiger partial charge in [-0.3, -0.25) is 24.8 Å². The van der Waals surface area contributed by atoms with Crippen molar-refractivity contribution >= 4 is 69.3 Å². The fourth-order valence-electron chi connectivity index (χ4n) is 9.83. The minimum Gasteiger partial charge on any atom is -0.325 e. The molecule has 2 fully saturated rings. The van der Waals surface area contributed by atoms with Crippen LogP contribution < -0.4 is 10.6 Å². The molecule has 4 aliphatic rings. The van der Waals surface area contributed by atoms with Crippen molar-refractivity contribution in [3.8, 4) is 0 Å². The summed E-state index contributed by atoms with van der Waals surface area (Å²) in [6.07, 6.45) is 13.4. The highest BCUT2D eigenvalue weighted by Crippen LogP contribution is 2.66. The number of aromatic amines is 2. The first-order valence-electron chi connectivity index (χ1n) is 21.1. The molecule has 0 radical (unpaired) electrons. The van der Waals surface area contributed by atoms with E-state index in [0.29, 0.717) is 0 Å². The minimum atomic E-state index is -0.411. The predicted molar refractivity (Wildman–Crippen MR) is 246 cm³/mol. The zero-order valence-electron chi connectivity index (χ0n) is 34.4. The van der Waals surface area contributed by atoms with Crippen LogP contribution in [0.1, 0.15) is 75.0 Å². The van der Waals surface area contributed by atoms with Crippen LogP contribution in [0.2, 0.25) is 0 Å². The van der Waals surface area contributed by atoms with Crippen molar-refractivity contribution < 1.29 is 9.59 Å². The molecule has 2 saturated carbocycles. The van der Waals surface area contributed by atoms with Crippen LogP contribution in [0.15, 0.2) is 134 Å². The molecule has 3 aromatic heterocycles. The number of H-pyrrole nitrogens is 2. The third kappa shape index (κ3) is 6.33. The van der Waals surface area contributed by atoms with Gasteiger partial charge in [-0.1, -0.05) is 97.1 Å². The second-order valence-corrected chi connectivity index (χ2v) is 17.2. The highest BCUT2D eigenvalue weighted by atomic mass is 16.2. The number of aromatic nitrogens is 5. The molecule has 0 saturated heterocycles. The van der Waals surface area contributed by atoms with Crippen molar-refractivity contribution in [1.29, 1.82) is 0 Å². The predicted octanol–water partition coefficient (Wildman–Crippen LogP) is 9.68. The molecule has 2 aliphatic carbocycles. The summed E-state index contributed by atoms with van der Waals surface area (Å²) in [5.74, 6) is 0.649. The van der Waals surface area contributed by atoms with Crippen molar-refractivity contribution in [2.75, 3.05) is 24.7 Å². The highest BCUT2D eigenvalue weighted by Gasteiger charge is 2.66. The van der Waals surface area contributed by atoms with Gasteiger partial charge >= 0.3 is 0 Å². The zero-order valence-corrected chi connectivity index (χ0v) is 34.4. The third-order valence-electron chi connectivity index (χ3n) is 13.1. The van der Waals surface area contributed by atoms with Crippen LogP contribution in [-0.4, -0.2) is 56.2 Å². The molecule has 0 unspecified atom stereocenters. The van der Waals surface area contributed by atoms with E-state index in [1.165, 1.54) is 16.7 Å². The summed E-state index contributed by atoms with van der Waals surface area (Å²) >= 11 is 0. The summed E-state index contributed by atoms with van der Waals surface area (Å²) in [7, 11) is 4.15. The van der Waals surface area contributed by atoms with Gasteiger partial charge in [-0.25, -0.2) is 0 Å². The van der Waals surface area contributed by atoms with E-state index < -0.39 is 10.8 Å². The molecule has 4 N–H and O–H groups in total. The Morgan fingerprint density at radius 2 is 1.08 bits per heavy atom. The Bertz CT molecular complexity index is 3110. The van der Waals surface area contributed by atoms with Gasteiger partial charge in [-0.05, 0) is 114 Å². The normalized spacial score (nSPS) is 21.8. The fraction of sp³-hybridized carbons (Fsp3) is 0.173. The van der Waals surface area contributed by atoms with Crippen molar-refractivity contribution in [3.05, 3.63) is 184 Å². The van der Waals surface area contributed by atoms with Crippen molar-refractivity contribution in [2.24, 2.45) is 0 Å². The summed E-state index contributed by atoms with van der Waals surface area (Å²) < 4.78 is 0. The molecule has 2 amide bonds. The Labute approximate surface area is 358 Å². The summed E-state index contributed by atoms with van der Waals surface area (Å²) in [6, 6.07) is 41.4. The summed E-state index contributed by atoms with van der Waals surface area (Å²) in [5.41, 5.74) is 13.0. The number of pyridine rings is 1. The van der Waals surface area contributed by atoms with Crippen LogP contribution in [0.5, 0.6) is 0 Å². The smallest absolute Gasteiger partial charge is 0.235 e. The highest BCUT2D eigenvalue weighted by molar-refractivity contribution is 6.11. The van der Waals surface area contributed by atoms with E-state index in [4.69, 9.17) is 0 Å². The topological polar surface area (TPSA) is 132 Å². The first-order chi connectivity index (χ1) is 30.3. The molecule has 10 heteroatoms. The van der Waals surface area contributed by atoms with Crippen LogP contribution >= 0.6 is 0 Å². The molecular weight excluding hydrogens is 769 g/mol. The van der Waals surface area contributed by atoms with E-state index in [0.717, 1.165) is 86.2 Å². The number of hydrogen-bond acceptors (Lipinski definition) is 6. The number of amides is 2. The largest absolute Gasteiger partial charge is 0.325 e. The molecule has 5 heterocycles. The van der Waals surface area contributed by atoms with Crippen LogP contribution in [-0.2, 0) is 27.0 Å². The standard InChI is InChI=1S/C28H26N4O.C24H18N4O/c1-32(2)17-19-9-7-18(8-10-19)11-14-24-21-13-12-20(15-26(21)31-30-24)23-16-28(23)22-5-3-4-6-25(22)29-27(28)33;29-23-24(18-3-1-2-4-21(18)26-23)14-19(24)16-6-7-17-20(27-28-22(17)13-16)8-5-15-9-11-25-12-10-15/h3-15,23H,16-17H2,1-2H3,(H,29,33)(H,30,31);1-13,19H,14H2,(H,26,29)(H,27,28)/b14-11+;8-5+/t23-,28-;19-,24-/m00/s1. The molecular formula is C52H44N8O2. The summed E-state index contributed by atoms with van der Waals surface area (Å²) in [4.78, 5) is 31.8. The zero-order chi connectivity index (χ0) is 42.0. The van der Waals surface area contributed by atoms with Gasteiger partial charge in [-0.15, -0.1) is 0 Å². The number of para-hydroxylation sites is 2. The maximum Gasteiger partial charge on any atom is 0.235 e. The number of carbonyl (C=O) groups is 2. The van der Waals surface area contributed by atoms with E-state index in [1.54, 1.807) is 12.4 Å². The Hall–Kier alpha value is -7.43. The molecule has 10 nitrogen and oxygen atoms in total. The Morgan fingerprint density at radius 3 is 1.58 bits per heavy atom. The van der Waals surface area contributed by atoms with E-state index in [9.17, 15) is 9.59 Å². The molecule has 12 rings (SSSR count). The number of rotatable bonds is 8. The Balaban J connectivity index is 0.000000140. The lowest BCUT2D eigenvalue weighted by molar-refractivity contribution is -0.118. The fourth-order valence-corrected chi connectivity index (χ4v) is 9.83. The number of anilines is 2. The van der Waals surface area contributed by atoms with Crippen molar-refractivity contribution in [3.63, 3.8) is 0 Å². The van der Waals surface area contributed by atoms with Crippen LogP contribution in [0.25, 0.3) is 46.1 Å². The van der Waals surface area contributed by atoms with Gasteiger partial charge in [0.05, 0.1) is 33.3 Å². The second-order valence-electron chi connectivity index (χ2n) is 17.2. The Morgan fingerprint density at radius 1 is 0.597 bits per heavy atom. The van der Waals surface area contributed by atoms with Crippen LogP contribution in [0, 0.1) is 0 Å². The SMILES string of the molecule is CN(C)Cc1ccc(/C=C/c2n[nH]c3cc([C@@H]4C[C@@]45C(=O)Nc4ccccc45)ccc23)cc1.O=C1Nc2ccccc2[C@]12C[C@H]2c1ccc2c(/C=C/c3ccncc3)n[nH]c2c1. The average Bonchev–Trinajstić information content (AvgIpc) is 4.05. The van der Waals surface area contributed by atoms with Crippen molar-refractivity contribution in [1.82, 2.24) is 30.3 Å². The van der Waals surface area contributed by atoms with Gasteiger partial charge in [0.2, 0.25) is 11.8 Å². The van der Waals surface area contributed by atoms with Crippen molar-refractivity contribution in [2.45, 2.75) is 42.1 Å². The number of hydrogen-bond donors (Lipinski definition) is 4. The number of benzene rings is 5. The molecule has 2 aliphatic heterocycles. The van der Waals surface area contributed by atoms with Gasteiger partial charge in [-0.2, -0.15) is 10.2 Å². The number of nitrogens with one attached hydrogen (secondary N) is 4. The Kier molecular flexibility index (Phi) is 8.87. The maximum atomic E-state index is 12.8. The van der Waals surface area contributed by atoms with E-state index in [-0.39, 0.29) is 23.7 Å². The molecule has 2 spiro atoms. The minimum absolute atomic E-state index is 0.120. The number of carbonyl (C=O) groups excluding carboxylic acids is 2. The quantitative estimate of drug-likeness (QED) is 0.121. The molecule has 304 valence electrons. The molecule has 4 atom stereocenters. The lowest BCUT2D eigenvalue weighted by Crippen LogP contribution is -2.20. The number of fused-ring (bicyclic) bond motifs is 6. The van der Waals surface area contributed by atoms with Crippen LogP contribution in [0.3, 0.4) is 0 Å². The first-order valence-corrected chi connectivity index (χ1v) is 21.1. The van der Waals surface area contributed by atoms with Gasteiger partial charge in [0.1, 0.15) is 0 Å². The maximum absolute atomic E-state index is 12.8. The summed E-state index contributed by atoms with van der Waals surface area (Å²) in [5, 5.41) is 23.6. The molecule has 0 bridgehead atoms. The molecule has 8 aromatic rings. The second kappa shape index (κ2) is 14.6. The van der Waals surface area contributed by atoms with Gasteiger partial charge in [0, 0.05) is 52.9 Å². The van der Waals surface area contributed by atoms with Crippen LogP contribution in [0.4, 0.5) is 11.4 Å². The van der Waals surface area contributed by atoms with E-state index in [1.807, 2.05) is 60.7 Å². The monoisotopic (exact) mass is 812 g/mol. The lowest BCUT2D eigenvalue weighted by atomic mass is 9.92. The summed E-state index contributed by atoms with van der Waals surface area (Å²) in [6.45, 7) is 0.936. The van der Waals surface area contributed by atoms with E-state index in [2.05, 4.69) is 140 Å². The first kappa shape index (κ1) is 37.6. The molecule has 5 aromatic carbocycles. The van der Waals surface area contributed by atoms with Gasteiger partial charge in [0.25, 0.3) is 0 Å².